The molecule has 0 saturated heterocycles. The maximum atomic E-state index is 12.6. The third-order valence-electron chi connectivity index (χ3n) is 3.98. The molecule has 0 aromatic carbocycles. The number of nitrogens with one attached hydrogen (secondary N) is 1. The lowest BCUT2D eigenvalue weighted by Crippen LogP contribution is -2.35. The molecular formula is C17H19N3O3. The minimum absolute atomic E-state index is 0.00479. The van der Waals surface area contributed by atoms with Gasteiger partial charge in [-0.05, 0) is 20.3 Å². The summed E-state index contributed by atoms with van der Waals surface area (Å²) in [5.41, 5.74) is 1.66. The molecule has 0 spiro atoms. The Morgan fingerprint density at radius 3 is 2.96 bits per heavy atom. The standard InChI is InChI=1S/C17H19N3O3/c1-10(8-12-9-18-6-7-19-12)20-17(22)15-11(2)23-14-5-3-4-13(21)16(14)15/h6-7,9-10H,3-5,8H2,1-2H3,(H,20,22). The zero-order valence-corrected chi connectivity index (χ0v) is 13.3. The Morgan fingerprint density at radius 1 is 1.39 bits per heavy atom. The van der Waals surface area contributed by atoms with Crippen LogP contribution in [-0.2, 0) is 12.8 Å². The lowest BCUT2D eigenvalue weighted by atomic mass is 9.93. The van der Waals surface area contributed by atoms with Crippen molar-refractivity contribution in [2.45, 2.75) is 45.6 Å². The van der Waals surface area contributed by atoms with Gasteiger partial charge < -0.3 is 9.73 Å². The molecule has 0 saturated carbocycles. The molecule has 0 aliphatic heterocycles. The molecular weight excluding hydrogens is 294 g/mol. The van der Waals surface area contributed by atoms with Crippen LogP contribution in [-0.4, -0.2) is 27.7 Å². The molecule has 1 amide bonds. The summed E-state index contributed by atoms with van der Waals surface area (Å²) in [5, 5.41) is 2.92. The average Bonchev–Trinajstić information content (AvgIpc) is 2.85. The van der Waals surface area contributed by atoms with Crippen LogP contribution >= 0.6 is 0 Å². The molecule has 23 heavy (non-hydrogen) atoms. The van der Waals surface area contributed by atoms with Gasteiger partial charge in [0.05, 0.1) is 16.8 Å². The first-order valence-electron chi connectivity index (χ1n) is 7.77. The van der Waals surface area contributed by atoms with Gasteiger partial charge in [-0.15, -0.1) is 0 Å². The van der Waals surface area contributed by atoms with Crippen molar-refractivity contribution in [3.05, 3.63) is 46.9 Å². The number of carbonyl (C=O) groups is 2. The van der Waals surface area contributed by atoms with Crippen molar-refractivity contribution in [3.8, 4) is 0 Å². The van der Waals surface area contributed by atoms with Crippen LogP contribution in [0.2, 0.25) is 0 Å². The van der Waals surface area contributed by atoms with Gasteiger partial charge in [0.2, 0.25) is 0 Å². The molecule has 2 aromatic heterocycles. The minimum atomic E-state index is -0.265. The first kappa shape index (κ1) is 15.4. The predicted molar refractivity (Wildman–Crippen MR) is 83.4 cm³/mol. The van der Waals surface area contributed by atoms with Crippen molar-refractivity contribution < 1.29 is 14.0 Å². The zero-order valence-electron chi connectivity index (χ0n) is 13.3. The van der Waals surface area contributed by atoms with E-state index < -0.39 is 0 Å². The number of furan rings is 1. The lowest BCUT2D eigenvalue weighted by molar-refractivity contribution is 0.0918. The molecule has 2 aromatic rings. The van der Waals surface area contributed by atoms with Gasteiger partial charge in [-0.25, -0.2) is 0 Å². The lowest BCUT2D eigenvalue weighted by Gasteiger charge is -2.14. The van der Waals surface area contributed by atoms with Crippen LogP contribution in [0.1, 0.15) is 57.7 Å². The van der Waals surface area contributed by atoms with E-state index in [1.165, 1.54) is 0 Å². The molecule has 0 bridgehead atoms. The van der Waals surface area contributed by atoms with Crippen LogP contribution in [0.3, 0.4) is 0 Å². The number of carbonyl (C=O) groups excluding carboxylic acids is 2. The fraction of sp³-hybridized carbons (Fsp3) is 0.412. The van der Waals surface area contributed by atoms with E-state index in [4.69, 9.17) is 4.42 Å². The maximum Gasteiger partial charge on any atom is 0.255 e. The smallest absolute Gasteiger partial charge is 0.255 e. The van der Waals surface area contributed by atoms with Crippen molar-refractivity contribution >= 4 is 11.7 Å². The summed E-state index contributed by atoms with van der Waals surface area (Å²) in [6.45, 7) is 3.63. The van der Waals surface area contributed by atoms with Crippen molar-refractivity contribution in [1.29, 1.82) is 0 Å². The fourth-order valence-corrected chi connectivity index (χ4v) is 2.98. The predicted octanol–water partition coefficient (Wildman–Crippen LogP) is 2.26. The van der Waals surface area contributed by atoms with E-state index in [0.717, 1.165) is 12.1 Å². The van der Waals surface area contributed by atoms with Crippen molar-refractivity contribution in [2.24, 2.45) is 0 Å². The van der Waals surface area contributed by atoms with Gasteiger partial charge in [0, 0.05) is 43.9 Å². The van der Waals surface area contributed by atoms with Crippen molar-refractivity contribution in [1.82, 2.24) is 15.3 Å². The van der Waals surface area contributed by atoms with Crippen LogP contribution < -0.4 is 5.32 Å². The van der Waals surface area contributed by atoms with Crippen LogP contribution in [0.4, 0.5) is 0 Å². The highest BCUT2D eigenvalue weighted by Gasteiger charge is 2.30. The number of hydrogen-bond acceptors (Lipinski definition) is 5. The van der Waals surface area contributed by atoms with E-state index in [0.29, 0.717) is 41.9 Å². The van der Waals surface area contributed by atoms with Crippen molar-refractivity contribution in [2.75, 3.05) is 0 Å². The molecule has 2 heterocycles. The number of fused-ring (bicyclic) bond motifs is 1. The highest BCUT2D eigenvalue weighted by atomic mass is 16.3. The van der Waals surface area contributed by atoms with E-state index >= 15 is 0 Å². The van der Waals surface area contributed by atoms with Gasteiger partial charge in [0.25, 0.3) is 5.91 Å². The van der Waals surface area contributed by atoms with E-state index in [1.807, 2.05) is 6.92 Å². The molecule has 1 atom stereocenters. The number of nitrogens with zero attached hydrogens (tertiary/aromatic N) is 2. The summed E-state index contributed by atoms with van der Waals surface area (Å²) in [4.78, 5) is 32.9. The topological polar surface area (TPSA) is 85.1 Å². The number of Topliss-reactive ketones (excluding diaryl/α,β-unsaturated/α-hetero) is 1. The monoisotopic (exact) mass is 313 g/mol. The summed E-state index contributed by atoms with van der Waals surface area (Å²) in [7, 11) is 0. The van der Waals surface area contributed by atoms with Gasteiger partial charge in [-0.2, -0.15) is 0 Å². The largest absolute Gasteiger partial charge is 0.465 e. The van der Waals surface area contributed by atoms with E-state index in [9.17, 15) is 9.59 Å². The molecule has 0 fully saturated rings. The fourth-order valence-electron chi connectivity index (χ4n) is 2.98. The second-order valence-electron chi connectivity index (χ2n) is 5.88. The highest BCUT2D eigenvalue weighted by Crippen LogP contribution is 2.29. The van der Waals surface area contributed by atoms with Gasteiger partial charge in [0.15, 0.2) is 5.78 Å². The van der Waals surface area contributed by atoms with Gasteiger partial charge in [0.1, 0.15) is 11.5 Å². The Kier molecular flexibility index (Phi) is 4.23. The molecule has 1 aliphatic rings. The van der Waals surface area contributed by atoms with Crippen LogP contribution in [0.15, 0.2) is 23.0 Å². The first-order valence-corrected chi connectivity index (χ1v) is 7.77. The second-order valence-corrected chi connectivity index (χ2v) is 5.88. The molecule has 120 valence electrons. The molecule has 1 unspecified atom stereocenters. The third-order valence-corrected chi connectivity index (χ3v) is 3.98. The third kappa shape index (κ3) is 3.16. The zero-order chi connectivity index (χ0) is 16.4. The summed E-state index contributed by atoms with van der Waals surface area (Å²) in [6, 6.07) is -0.122. The number of rotatable bonds is 4. The average molecular weight is 313 g/mol. The molecule has 6 heteroatoms. The summed E-state index contributed by atoms with van der Waals surface area (Å²) in [6.07, 6.45) is 7.46. The van der Waals surface area contributed by atoms with Crippen LogP contribution in [0.5, 0.6) is 0 Å². The van der Waals surface area contributed by atoms with Crippen molar-refractivity contribution in [3.63, 3.8) is 0 Å². The Bertz CT molecular complexity index is 737. The molecule has 6 nitrogen and oxygen atoms in total. The number of aryl methyl sites for hydroxylation is 2. The SMILES string of the molecule is Cc1oc2c(c1C(=O)NC(C)Cc1cnccn1)C(=O)CCC2. The highest BCUT2D eigenvalue weighted by molar-refractivity contribution is 6.10. The summed E-state index contributed by atoms with van der Waals surface area (Å²) in [5.74, 6) is 0.883. The molecule has 0 radical (unpaired) electrons. The van der Waals surface area contributed by atoms with E-state index in [2.05, 4.69) is 15.3 Å². The normalized spacial score (nSPS) is 15.1. The number of ketones is 1. The second kappa shape index (κ2) is 6.32. The molecule has 1 N–H and O–H groups in total. The van der Waals surface area contributed by atoms with Gasteiger partial charge in [-0.3, -0.25) is 19.6 Å². The minimum Gasteiger partial charge on any atom is -0.465 e. The number of hydrogen-bond donors (Lipinski definition) is 1. The number of amides is 1. The quantitative estimate of drug-likeness (QED) is 0.936. The van der Waals surface area contributed by atoms with Gasteiger partial charge in [-0.1, -0.05) is 0 Å². The van der Waals surface area contributed by atoms with E-state index in [1.54, 1.807) is 25.5 Å². The Morgan fingerprint density at radius 2 is 2.22 bits per heavy atom. The number of aromatic nitrogens is 2. The first-order chi connectivity index (χ1) is 11.1. The summed E-state index contributed by atoms with van der Waals surface area (Å²) < 4.78 is 5.62. The van der Waals surface area contributed by atoms with Crippen LogP contribution in [0, 0.1) is 6.92 Å². The molecule has 3 rings (SSSR count). The van der Waals surface area contributed by atoms with Gasteiger partial charge >= 0.3 is 0 Å². The van der Waals surface area contributed by atoms with E-state index in [-0.39, 0.29) is 17.7 Å². The molecule has 1 aliphatic carbocycles. The Labute approximate surface area is 134 Å². The maximum absolute atomic E-state index is 12.6. The summed E-state index contributed by atoms with van der Waals surface area (Å²) >= 11 is 0. The Hall–Kier alpha value is -2.50. The Balaban J connectivity index is 1.76. The van der Waals surface area contributed by atoms with Crippen LogP contribution in [0.25, 0.3) is 0 Å².